The molecule has 0 aromatic carbocycles. The lowest BCUT2D eigenvalue weighted by atomic mass is 9.99. The maximum absolute atomic E-state index is 5.78. The third kappa shape index (κ3) is 2.63. The molecule has 1 atom stereocenters. The molecule has 0 bridgehead atoms. The van der Waals surface area contributed by atoms with E-state index in [1.165, 1.54) is 11.1 Å². The zero-order chi connectivity index (χ0) is 14.7. The van der Waals surface area contributed by atoms with Gasteiger partial charge in [0.25, 0.3) is 0 Å². The summed E-state index contributed by atoms with van der Waals surface area (Å²) in [4.78, 5) is 0. The van der Waals surface area contributed by atoms with Crippen LogP contribution in [-0.2, 0) is 6.54 Å². The van der Waals surface area contributed by atoms with Crippen molar-refractivity contribution >= 4 is 0 Å². The summed E-state index contributed by atoms with van der Waals surface area (Å²) in [5.41, 5.74) is 3.52. The lowest BCUT2D eigenvalue weighted by Gasteiger charge is -2.19. The molecule has 0 aliphatic rings. The second-order valence-corrected chi connectivity index (χ2v) is 5.13. The molecule has 2 aromatic heterocycles. The first-order valence-electron chi connectivity index (χ1n) is 7.28. The Labute approximate surface area is 120 Å². The lowest BCUT2D eigenvalue weighted by molar-refractivity contribution is 0.483. The number of hydrogen-bond acceptors (Lipinski definition) is 4. The van der Waals surface area contributed by atoms with Crippen molar-refractivity contribution in [2.45, 2.75) is 53.6 Å². The van der Waals surface area contributed by atoms with Gasteiger partial charge in [0, 0.05) is 12.1 Å². The third-order valence-corrected chi connectivity index (χ3v) is 3.69. The average Bonchev–Trinajstić information content (AvgIpc) is 2.95. The first kappa shape index (κ1) is 14.8. The van der Waals surface area contributed by atoms with Gasteiger partial charge in [0.2, 0.25) is 0 Å². The van der Waals surface area contributed by atoms with Gasteiger partial charge in [-0.2, -0.15) is 0 Å². The molecular weight excluding hydrogens is 252 g/mol. The predicted octanol–water partition coefficient (Wildman–Crippen LogP) is 2.91. The molecule has 20 heavy (non-hydrogen) atoms. The fourth-order valence-electron chi connectivity index (χ4n) is 2.67. The molecule has 110 valence electrons. The van der Waals surface area contributed by atoms with Gasteiger partial charge in [-0.15, -0.1) is 5.10 Å². The summed E-state index contributed by atoms with van der Waals surface area (Å²) in [6.45, 7) is 12.2. The maximum Gasteiger partial charge on any atom is 0.106 e. The Morgan fingerprint density at radius 2 is 2.00 bits per heavy atom. The quantitative estimate of drug-likeness (QED) is 0.881. The Morgan fingerprint density at radius 3 is 2.55 bits per heavy atom. The SMILES string of the molecule is CCCn1nncc1C(NCC)c1c(C)oc(C)c1C. The van der Waals surface area contributed by atoms with E-state index in [4.69, 9.17) is 4.42 Å². The second-order valence-electron chi connectivity index (χ2n) is 5.13. The van der Waals surface area contributed by atoms with E-state index in [2.05, 4.69) is 36.4 Å². The summed E-state index contributed by atoms with van der Waals surface area (Å²) in [6, 6.07) is 0.0824. The van der Waals surface area contributed by atoms with Crippen molar-refractivity contribution in [3.63, 3.8) is 0 Å². The Bertz CT molecular complexity index is 570. The van der Waals surface area contributed by atoms with Gasteiger partial charge in [0.05, 0.1) is 17.9 Å². The van der Waals surface area contributed by atoms with Crippen molar-refractivity contribution in [2.24, 2.45) is 0 Å². The Morgan fingerprint density at radius 1 is 1.25 bits per heavy atom. The van der Waals surface area contributed by atoms with Gasteiger partial charge in [0.1, 0.15) is 11.5 Å². The average molecular weight is 276 g/mol. The highest BCUT2D eigenvalue weighted by Gasteiger charge is 2.25. The zero-order valence-corrected chi connectivity index (χ0v) is 13.0. The van der Waals surface area contributed by atoms with Crippen LogP contribution in [0.15, 0.2) is 10.6 Å². The summed E-state index contributed by atoms with van der Waals surface area (Å²) < 4.78 is 7.76. The number of aryl methyl sites for hydroxylation is 3. The van der Waals surface area contributed by atoms with Crippen molar-refractivity contribution in [2.75, 3.05) is 6.54 Å². The lowest BCUT2D eigenvalue weighted by Crippen LogP contribution is -2.25. The second kappa shape index (κ2) is 6.22. The molecule has 0 saturated heterocycles. The van der Waals surface area contributed by atoms with Crippen LogP contribution in [0.2, 0.25) is 0 Å². The molecule has 0 spiro atoms. The van der Waals surface area contributed by atoms with Gasteiger partial charge in [0.15, 0.2) is 0 Å². The number of furan rings is 1. The Hall–Kier alpha value is -1.62. The number of hydrogen-bond donors (Lipinski definition) is 1. The van der Waals surface area contributed by atoms with Gasteiger partial charge in [-0.1, -0.05) is 19.1 Å². The van der Waals surface area contributed by atoms with E-state index in [-0.39, 0.29) is 6.04 Å². The Kier molecular flexibility index (Phi) is 4.60. The molecule has 0 fully saturated rings. The van der Waals surface area contributed by atoms with Crippen molar-refractivity contribution in [1.82, 2.24) is 20.3 Å². The normalized spacial score (nSPS) is 12.8. The van der Waals surface area contributed by atoms with E-state index < -0.39 is 0 Å². The molecule has 1 unspecified atom stereocenters. The molecule has 0 aliphatic heterocycles. The number of nitrogens with one attached hydrogen (secondary N) is 1. The van der Waals surface area contributed by atoms with E-state index in [1.54, 1.807) is 0 Å². The first-order valence-corrected chi connectivity index (χ1v) is 7.28. The molecule has 1 N–H and O–H groups in total. The fraction of sp³-hybridized carbons (Fsp3) is 0.600. The van der Waals surface area contributed by atoms with E-state index in [0.29, 0.717) is 0 Å². The molecule has 5 heteroatoms. The smallest absolute Gasteiger partial charge is 0.106 e. The standard InChI is InChI=1S/C15H24N4O/c1-6-8-19-13(9-17-18-19)15(16-7-2)14-10(3)11(4)20-12(14)5/h9,15-16H,6-8H2,1-5H3. The summed E-state index contributed by atoms with van der Waals surface area (Å²) in [7, 11) is 0. The van der Waals surface area contributed by atoms with Crippen LogP contribution in [0.3, 0.4) is 0 Å². The number of nitrogens with zero attached hydrogens (tertiary/aromatic N) is 3. The highest BCUT2D eigenvalue weighted by atomic mass is 16.3. The van der Waals surface area contributed by atoms with E-state index in [9.17, 15) is 0 Å². The van der Waals surface area contributed by atoms with E-state index >= 15 is 0 Å². The minimum atomic E-state index is 0.0824. The van der Waals surface area contributed by atoms with Gasteiger partial charge in [-0.25, -0.2) is 4.68 Å². The monoisotopic (exact) mass is 276 g/mol. The van der Waals surface area contributed by atoms with Gasteiger partial charge < -0.3 is 9.73 Å². The zero-order valence-electron chi connectivity index (χ0n) is 13.0. The minimum absolute atomic E-state index is 0.0824. The summed E-state index contributed by atoms with van der Waals surface area (Å²) >= 11 is 0. The first-order chi connectivity index (χ1) is 9.60. The molecule has 2 rings (SSSR count). The maximum atomic E-state index is 5.78. The third-order valence-electron chi connectivity index (χ3n) is 3.69. The largest absolute Gasteiger partial charge is 0.466 e. The van der Waals surface area contributed by atoms with Crippen molar-refractivity contribution < 1.29 is 4.42 Å². The van der Waals surface area contributed by atoms with Crippen LogP contribution < -0.4 is 5.32 Å². The highest BCUT2D eigenvalue weighted by molar-refractivity contribution is 5.38. The van der Waals surface area contributed by atoms with Crippen LogP contribution in [0.1, 0.15) is 54.7 Å². The van der Waals surface area contributed by atoms with Gasteiger partial charge in [-0.05, 0) is 39.3 Å². The molecule has 0 radical (unpaired) electrons. The van der Waals surface area contributed by atoms with Crippen molar-refractivity contribution in [3.05, 3.63) is 34.5 Å². The summed E-state index contributed by atoms with van der Waals surface area (Å²) in [5.74, 6) is 1.95. The van der Waals surface area contributed by atoms with Gasteiger partial charge >= 0.3 is 0 Å². The van der Waals surface area contributed by atoms with E-state index in [1.807, 2.05) is 24.7 Å². The molecule has 0 aliphatic carbocycles. The van der Waals surface area contributed by atoms with Crippen molar-refractivity contribution in [3.8, 4) is 0 Å². The van der Waals surface area contributed by atoms with Crippen LogP contribution in [0.25, 0.3) is 0 Å². The van der Waals surface area contributed by atoms with Crippen LogP contribution in [-0.4, -0.2) is 21.5 Å². The van der Waals surface area contributed by atoms with Crippen molar-refractivity contribution in [1.29, 1.82) is 0 Å². The topological polar surface area (TPSA) is 55.9 Å². The molecule has 2 aromatic rings. The minimum Gasteiger partial charge on any atom is -0.466 e. The molecule has 2 heterocycles. The van der Waals surface area contributed by atoms with Crippen LogP contribution >= 0.6 is 0 Å². The highest BCUT2D eigenvalue weighted by Crippen LogP contribution is 2.31. The predicted molar refractivity (Wildman–Crippen MR) is 78.8 cm³/mol. The van der Waals surface area contributed by atoms with Crippen LogP contribution in [0.4, 0.5) is 0 Å². The van der Waals surface area contributed by atoms with Crippen LogP contribution in [0, 0.1) is 20.8 Å². The van der Waals surface area contributed by atoms with E-state index in [0.717, 1.165) is 36.7 Å². The summed E-state index contributed by atoms with van der Waals surface area (Å²) in [6.07, 6.45) is 2.89. The molecule has 5 nitrogen and oxygen atoms in total. The Balaban J connectivity index is 2.48. The molecular formula is C15H24N4O. The molecule has 0 amide bonds. The molecule has 0 saturated carbocycles. The summed E-state index contributed by atoms with van der Waals surface area (Å²) in [5, 5.41) is 11.8. The van der Waals surface area contributed by atoms with Crippen LogP contribution in [0.5, 0.6) is 0 Å². The fourth-order valence-corrected chi connectivity index (χ4v) is 2.67. The van der Waals surface area contributed by atoms with Gasteiger partial charge in [-0.3, -0.25) is 0 Å². The number of aromatic nitrogens is 3. The number of rotatable bonds is 6.